The number of likely N-dealkylation sites (N-methyl/N-ethyl adjacent to an activating group) is 1. The highest BCUT2D eigenvalue weighted by Crippen LogP contribution is 2.32. The molecule has 1 aliphatic rings. The van der Waals surface area contributed by atoms with E-state index >= 15 is 0 Å². The molecule has 0 atom stereocenters. The summed E-state index contributed by atoms with van der Waals surface area (Å²) in [5.74, 6) is 0.896. The number of nitrogens with one attached hydrogen (secondary N) is 1. The standard InChI is InChI=1S/C16H25NO2/c1-17-13-16(9-4-3-5-10-16)19-12-14-7-6-8-15(11-14)18-2/h6-8,11,17H,3-5,9-10,12-13H2,1-2H3. The van der Waals surface area contributed by atoms with Crippen LogP contribution < -0.4 is 10.1 Å². The number of rotatable bonds is 6. The van der Waals surface area contributed by atoms with Crippen molar-refractivity contribution in [3.05, 3.63) is 29.8 Å². The second-order valence-corrected chi connectivity index (χ2v) is 5.41. The van der Waals surface area contributed by atoms with E-state index < -0.39 is 0 Å². The molecule has 0 radical (unpaired) electrons. The molecule has 1 aromatic rings. The molecule has 1 aromatic carbocycles. The minimum atomic E-state index is 0.0239. The normalized spacial score (nSPS) is 18.2. The van der Waals surface area contributed by atoms with E-state index in [4.69, 9.17) is 9.47 Å². The third-order valence-corrected chi connectivity index (χ3v) is 3.94. The van der Waals surface area contributed by atoms with Crippen molar-refractivity contribution in [1.82, 2.24) is 5.32 Å². The highest BCUT2D eigenvalue weighted by Gasteiger charge is 2.32. The SMILES string of the molecule is CNCC1(OCc2cccc(OC)c2)CCCCC1. The van der Waals surface area contributed by atoms with E-state index in [0.29, 0.717) is 6.61 Å². The van der Waals surface area contributed by atoms with Gasteiger partial charge in [0, 0.05) is 6.54 Å². The van der Waals surface area contributed by atoms with E-state index in [1.54, 1.807) is 7.11 Å². The van der Waals surface area contributed by atoms with Crippen LogP contribution in [0, 0.1) is 0 Å². The van der Waals surface area contributed by atoms with Gasteiger partial charge >= 0.3 is 0 Å². The Morgan fingerprint density at radius 2 is 2.00 bits per heavy atom. The Balaban J connectivity index is 1.97. The molecular weight excluding hydrogens is 238 g/mol. The van der Waals surface area contributed by atoms with E-state index in [0.717, 1.165) is 25.1 Å². The summed E-state index contributed by atoms with van der Waals surface area (Å²) in [7, 11) is 3.70. The predicted molar refractivity (Wildman–Crippen MR) is 77.5 cm³/mol. The fraction of sp³-hybridized carbons (Fsp3) is 0.625. The number of methoxy groups -OCH3 is 1. The van der Waals surface area contributed by atoms with Crippen molar-refractivity contribution in [2.45, 2.75) is 44.3 Å². The Bertz CT molecular complexity index is 381. The summed E-state index contributed by atoms with van der Waals surface area (Å²) >= 11 is 0. The molecule has 1 aliphatic carbocycles. The minimum absolute atomic E-state index is 0.0239. The molecule has 1 N–H and O–H groups in total. The summed E-state index contributed by atoms with van der Waals surface area (Å²) in [6, 6.07) is 8.13. The van der Waals surface area contributed by atoms with Crippen LogP contribution in [0.4, 0.5) is 0 Å². The number of hydrogen-bond donors (Lipinski definition) is 1. The van der Waals surface area contributed by atoms with Gasteiger partial charge in [0.15, 0.2) is 0 Å². The second kappa shape index (κ2) is 6.92. The van der Waals surface area contributed by atoms with Crippen LogP contribution in [0.15, 0.2) is 24.3 Å². The van der Waals surface area contributed by atoms with Gasteiger partial charge < -0.3 is 14.8 Å². The van der Waals surface area contributed by atoms with Crippen LogP contribution in [0.25, 0.3) is 0 Å². The first-order chi connectivity index (χ1) is 9.28. The molecule has 1 saturated carbocycles. The Labute approximate surface area is 116 Å². The van der Waals surface area contributed by atoms with E-state index in [1.165, 1.54) is 24.8 Å². The first-order valence-corrected chi connectivity index (χ1v) is 7.19. The van der Waals surface area contributed by atoms with Gasteiger partial charge in [0.1, 0.15) is 5.75 Å². The van der Waals surface area contributed by atoms with Gasteiger partial charge in [-0.25, -0.2) is 0 Å². The summed E-state index contributed by atoms with van der Waals surface area (Å²) in [6.07, 6.45) is 6.23. The summed E-state index contributed by atoms with van der Waals surface area (Å²) in [5.41, 5.74) is 1.20. The van der Waals surface area contributed by atoms with Crippen molar-refractivity contribution >= 4 is 0 Å². The highest BCUT2D eigenvalue weighted by molar-refractivity contribution is 5.27. The van der Waals surface area contributed by atoms with Crippen LogP contribution >= 0.6 is 0 Å². The molecule has 1 fully saturated rings. The van der Waals surface area contributed by atoms with Crippen LogP contribution in [0.5, 0.6) is 5.75 Å². The molecule has 0 heterocycles. The molecule has 0 saturated heterocycles. The quantitative estimate of drug-likeness (QED) is 0.855. The predicted octanol–water partition coefficient (Wildman–Crippen LogP) is 3.13. The van der Waals surface area contributed by atoms with Crippen LogP contribution in [0.3, 0.4) is 0 Å². The molecule has 3 heteroatoms. The van der Waals surface area contributed by atoms with Crippen molar-refractivity contribution in [1.29, 1.82) is 0 Å². The maximum absolute atomic E-state index is 6.28. The average Bonchev–Trinajstić information content (AvgIpc) is 2.47. The third-order valence-electron chi connectivity index (χ3n) is 3.94. The lowest BCUT2D eigenvalue weighted by Crippen LogP contribution is -2.43. The van der Waals surface area contributed by atoms with Gasteiger partial charge in [-0.2, -0.15) is 0 Å². The summed E-state index contributed by atoms with van der Waals surface area (Å²) in [4.78, 5) is 0. The van der Waals surface area contributed by atoms with Gasteiger partial charge in [0.25, 0.3) is 0 Å². The summed E-state index contributed by atoms with van der Waals surface area (Å²) < 4.78 is 11.5. The number of benzene rings is 1. The molecule has 106 valence electrons. The van der Waals surface area contributed by atoms with Crippen molar-refractivity contribution in [3.8, 4) is 5.75 Å². The first kappa shape index (κ1) is 14.4. The molecule has 0 unspecified atom stereocenters. The molecule has 0 aliphatic heterocycles. The Morgan fingerprint density at radius 1 is 1.21 bits per heavy atom. The van der Waals surface area contributed by atoms with Crippen molar-refractivity contribution in [2.24, 2.45) is 0 Å². The maximum Gasteiger partial charge on any atom is 0.119 e. The Kier molecular flexibility index (Phi) is 5.23. The largest absolute Gasteiger partial charge is 0.497 e. The van der Waals surface area contributed by atoms with Crippen molar-refractivity contribution < 1.29 is 9.47 Å². The molecule has 0 spiro atoms. The first-order valence-electron chi connectivity index (χ1n) is 7.19. The fourth-order valence-corrected chi connectivity index (χ4v) is 2.89. The second-order valence-electron chi connectivity index (χ2n) is 5.41. The Hall–Kier alpha value is -1.06. The molecular formula is C16H25NO2. The molecule has 0 amide bonds. The lowest BCUT2D eigenvalue weighted by Gasteiger charge is -2.37. The van der Waals surface area contributed by atoms with Crippen LogP contribution in [0.2, 0.25) is 0 Å². The lowest BCUT2D eigenvalue weighted by atomic mass is 9.84. The zero-order valence-electron chi connectivity index (χ0n) is 12.1. The topological polar surface area (TPSA) is 30.5 Å². The van der Waals surface area contributed by atoms with E-state index in [-0.39, 0.29) is 5.60 Å². The van der Waals surface area contributed by atoms with Crippen LogP contribution in [-0.2, 0) is 11.3 Å². The van der Waals surface area contributed by atoms with Gasteiger partial charge in [0.2, 0.25) is 0 Å². The van der Waals surface area contributed by atoms with E-state index in [9.17, 15) is 0 Å². The van der Waals surface area contributed by atoms with Gasteiger partial charge in [-0.15, -0.1) is 0 Å². The minimum Gasteiger partial charge on any atom is -0.497 e. The maximum atomic E-state index is 6.28. The molecule has 0 bridgehead atoms. The number of hydrogen-bond acceptors (Lipinski definition) is 3. The molecule has 19 heavy (non-hydrogen) atoms. The average molecular weight is 263 g/mol. The third kappa shape index (κ3) is 3.95. The Morgan fingerprint density at radius 3 is 2.68 bits per heavy atom. The zero-order chi connectivity index (χ0) is 13.6. The number of ether oxygens (including phenoxy) is 2. The van der Waals surface area contributed by atoms with Gasteiger partial charge in [-0.3, -0.25) is 0 Å². The lowest BCUT2D eigenvalue weighted by molar-refractivity contribution is -0.0776. The monoisotopic (exact) mass is 263 g/mol. The smallest absolute Gasteiger partial charge is 0.119 e. The van der Waals surface area contributed by atoms with Crippen molar-refractivity contribution in [3.63, 3.8) is 0 Å². The van der Waals surface area contributed by atoms with E-state index in [2.05, 4.69) is 17.4 Å². The van der Waals surface area contributed by atoms with Crippen molar-refractivity contribution in [2.75, 3.05) is 20.7 Å². The zero-order valence-corrected chi connectivity index (χ0v) is 12.1. The van der Waals surface area contributed by atoms with E-state index in [1.807, 2.05) is 19.2 Å². The van der Waals surface area contributed by atoms with Crippen LogP contribution in [0.1, 0.15) is 37.7 Å². The molecule has 0 aromatic heterocycles. The molecule has 2 rings (SSSR count). The van der Waals surface area contributed by atoms with Gasteiger partial charge in [-0.1, -0.05) is 31.4 Å². The van der Waals surface area contributed by atoms with Gasteiger partial charge in [0.05, 0.1) is 19.3 Å². The summed E-state index contributed by atoms with van der Waals surface area (Å²) in [5, 5.41) is 3.29. The highest BCUT2D eigenvalue weighted by atomic mass is 16.5. The fourth-order valence-electron chi connectivity index (χ4n) is 2.89. The van der Waals surface area contributed by atoms with Crippen LogP contribution in [-0.4, -0.2) is 26.3 Å². The molecule has 3 nitrogen and oxygen atoms in total. The van der Waals surface area contributed by atoms with Gasteiger partial charge in [-0.05, 0) is 37.6 Å². The summed E-state index contributed by atoms with van der Waals surface area (Å²) in [6.45, 7) is 1.61.